The monoisotopic (exact) mass is 396 g/mol. The van der Waals surface area contributed by atoms with Crippen LogP contribution < -0.4 is 5.32 Å². The van der Waals surface area contributed by atoms with Crippen LogP contribution >= 0.6 is 0 Å². The van der Waals surface area contributed by atoms with E-state index in [2.05, 4.69) is 34.6 Å². The molecule has 2 amide bonds. The number of nitrogens with one attached hydrogen (secondary N) is 1. The Labute approximate surface area is 171 Å². The van der Waals surface area contributed by atoms with Crippen molar-refractivity contribution in [2.24, 2.45) is 5.92 Å². The molecule has 4 rings (SSSR count). The summed E-state index contributed by atoms with van der Waals surface area (Å²) in [7, 11) is 2.12. The molecular weight excluding hydrogens is 368 g/mol. The third-order valence-electron chi connectivity index (χ3n) is 5.89. The lowest BCUT2D eigenvalue weighted by Gasteiger charge is -2.18. The SMILES string of the molecule is CN1CCC(CC(=O)N2Cc3ccc(CNC(=O)CCc4ccon4)cc3C2)C1. The molecule has 2 aliphatic heterocycles. The van der Waals surface area contributed by atoms with Gasteiger partial charge in [0.05, 0.1) is 5.69 Å². The van der Waals surface area contributed by atoms with Gasteiger partial charge in [0.2, 0.25) is 11.8 Å². The molecule has 29 heavy (non-hydrogen) atoms. The molecule has 1 unspecified atom stereocenters. The fourth-order valence-corrected chi connectivity index (χ4v) is 4.20. The molecule has 1 aromatic carbocycles. The van der Waals surface area contributed by atoms with Crippen molar-refractivity contribution in [3.8, 4) is 0 Å². The number of carbonyl (C=O) groups is 2. The average molecular weight is 396 g/mol. The zero-order valence-corrected chi connectivity index (χ0v) is 16.9. The third-order valence-corrected chi connectivity index (χ3v) is 5.89. The molecule has 7 heteroatoms. The molecule has 1 saturated heterocycles. The largest absolute Gasteiger partial charge is 0.365 e. The van der Waals surface area contributed by atoms with Crippen LogP contribution in [0.1, 0.15) is 41.6 Å². The fourth-order valence-electron chi connectivity index (χ4n) is 4.20. The van der Waals surface area contributed by atoms with Crippen molar-refractivity contribution in [1.29, 1.82) is 0 Å². The predicted octanol–water partition coefficient (Wildman–Crippen LogP) is 2.11. The first-order valence-corrected chi connectivity index (χ1v) is 10.3. The number of amides is 2. The second kappa shape index (κ2) is 8.78. The molecule has 2 aromatic rings. The number of benzene rings is 1. The summed E-state index contributed by atoms with van der Waals surface area (Å²) in [5, 5.41) is 6.77. The van der Waals surface area contributed by atoms with Gasteiger partial charge in [0, 0.05) is 51.5 Å². The summed E-state index contributed by atoms with van der Waals surface area (Å²) in [6, 6.07) is 8.01. The average Bonchev–Trinajstić information content (AvgIpc) is 3.45. The minimum atomic E-state index is -0.00756. The van der Waals surface area contributed by atoms with E-state index in [9.17, 15) is 9.59 Å². The van der Waals surface area contributed by atoms with Crippen LogP contribution in [0.25, 0.3) is 0 Å². The smallest absolute Gasteiger partial charge is 0.223 e. The molecule has 1 aromatic heterocycles. The van der Waals surface area contributed by atoms with Crippen molar-refractivity contribution >= 4 is 11.8 Å². The van der Waals surface area contributed by atoms with Crippen LogP contribution in [-0.4, -0.2) is 46.9 Å². The van der Waals surface area contributed by atoms with Gasteiger partial charge in [-0.25, -0.2) is 0 Å². The van der Waals surface area contributed by atoms with Crippen molar-refractivity contribution in [2.45, 2.75) is 45.3 Å². The number of aromatic nitrogens is 1. The highest BCUT2D eigenvalue weighted by Gasteiger charge is 2.28. The number of fused-ring (bicyclic) bond motifs is 1. The zero-order valence-electron chi connectivity index (χ0n) is 16.9. The van der Waals surface area contributed by atoms with Crippen LogP contribution in [0.4, 0.5) is 0 Å². The van der Waals surface area contributed by atoms with Crippen LogP contribution in [-0.2, 0) is 35.6 Å². The number of rotatable bonds is 7. The van der Waals surface area contributed by atoms with E-state index in [1.165, 1.54) is 17.4 Å². The van der Waals surface area contributed by atoms with E-state index in [4.69, 9.17) is 4.52 Å². The first-order chi connectivity index (χ1) is 14.1. The number of hydrogen-bond donors (Lipinski definition) is 1. The van der Waals surface area contributed by atoms with Crippen LogP contribution in [0.3, 0.4) is 0 Å². The lowest BCUT2D eigenvalue weighted by molar-refractivity contribution is -0.132. The van der Waals surface area contributed by atoms with Crippen LogP contribution in [0.5, 0.6) is 0 Å². The van der Waals surface area contributed by atoms with Gasteiger partial charge in [-0.1, -0.05) is 23.4 Å². The van der Waals surface area contributed by atoms with Gasteiger partial charge in [0.15, 0.2) is 0 Å². The summed E-state index contributed by atoms with van der Waals surface area (Å²) in [5.41, 5.74) is 4.25. The molecule has 1 atom stereocenters. The topological polar surface area (TPSA) is 78.7 Å². The Morgan fingerprint density at radius 2 is 2.10 bits per heavy atom. The van der Waals surface area contributed by atoms with Crippen LogP contribution in [0, 0.1) is 5.92 Å². The predicted molar refractivity (Wildman–Crippen MR) is 108 cm³/mol. The van der Waals surface area contributed by atoms with Crippen molar-refractivity contribution in [3.63, 3.8) is 0 Å². The number of likely N-dealkylation sites (tertiary alicyclic amines) is 1. The van der Waals surface area contributed by atoms with E-state index in [0.29, 0.717) is 44.8 Å². The maximum absolute atomic E-state index is 12.7. The van der Waals surface area contributed by atoms with Gasteiger partial charge in [-0.15, -0.1) is 0 Å². The lowest BCUT2D eigenvalue weighted by Crippen LogP contribution is -2.28. The molecule has 154 valence electrons. The van der Waals surface area contributed by atoms with Gasteiger partial charge in [-0.3, -0.25) is 9.59 Å². The van der Waals surface area contributed by atoms with Crippen molar-refractivity contribution in [1.82, 2.24) is 20.3 Å². The van der Waals surface area contributed by atoms with Crippen LogP contribution in [0.15, 0.2) is 35.1 Å². The van der Waals surface area contributed by atoms with Crippen molar-refractivity contribution < 1.29 is 14.1 Å². The summed E-state index contributed by atoms with van der Waals surface area (Å²) in [6.45, 7) is 3.97. The van der Waals surface area contributed by atoms with E-state index in [1.54, 1.807) is 6.07 Å². The van der Waals surface area contributed by atoms with Gasteiger partial charge in [0.25, 0.3) is 0 Å². The Morgan fingerprint density at radius 1 is 1.24 bits per heavy atom. The molecular formula is C22H28N4O3. The molecule has 2 aliphatic rings. The zero-order chi connectivity index (χ0) is 20.2. The molecule has 0 saturated carbocycles. The van der Waals surface area contributed by atoms with E-state index in [1.807, 2.05) is 11.0 Å². The van der Waals surface area contributed by atoms with E-state index >= 15 is 0 Å². The minimum absolute atomic E-state index is 0.00756. The number of hydrogen-bond acceptors (Lipinski definition) is 5. The van der Waals surface area contributed by atoms with Gasteiger partial charge in [-0.05, 0) is 42.6 Å². The number of carbonyl (C=O) groups excluding carboxylic acids is 2. The first kappa shape index (κ1) is 19.6. The van der Waals surface area contributed by atoms with E-state index in [0.717, 1.165) is 30.8 Å². The highest BCUT2D eigenvalue weighted by Crippen LogP contribution is 2.27. The standard InChI is InChI=1S/C22H28N4O3/c1-25-8-6-17(13-25)11-22(28)26-14-18-3-2-16(10-19(18)15-26)12-23-21(27)5-4-20-7-9-29-24-20/h2-3,7,9-10,17H,4-6,8,11-15H2,1H3,(H,23,27). The molecule has 0 radical (unpaired) electrons. The summed E-state index contributed by atoms with van der Waals surface area (Å²) >= 11 is 0. The van der Waals surface area contributed by atoms with Gasteiger partial charge in [-0.2, -0.15) is 0 Å². The Balaban J connectivity index is 1.25. The Hall–Kier alpha value is -2.67. The lowest BCUT2D eigenvalue weighted by atomic mass is 10.0. The summed E-state index contributed by atoms with van der Waals surface area (Å²) in [5.74, 6) is 0.732. The molecule has 1 fully saturated rings. The number of aryl methyl sites for hydroxylation is 1. The van der Waals surface area contributed by atoms with Crippen molar-refractivity contribution in [2.75, 3.05) is 20.1 Å². The molecule has 7 nitrogen and oxygen atoms in total. The van der Waals surface area contributed by atoms with E-state index < -0.39 is 0 Å². The van der Waals surface area contributed by atoms with Crippen LogP contribution in [0.2, 0.25) is 0 Å². The quantitative estimate of drug-likeness (QED) is 0.776. The fraction of sp³-hybridized carbons (Fsp3) is 0.500. The number of nitrogens with zero attached hydrogens (tertiary/aromatic N) is 3. The third kappa shape index (κ3) is 5.03. The normalized spacial score (nSPS) is 18.8. The summed E-state index contributed by atoms with van der Waals surface area (Å²) in [4.78, 5) is 29.0. The Kier molecular flexibility index (Phi) is 5.94. The molecule has 0 bridgehead atoms. The maximum Gasteiger partial charge on any atom is 0.223 e. The molecule has 0 spiro atoms. The summed E-state index contributed by atoms with van der Waals surface area (Å²) < 4.78 is 4.77. The molecule has 0 aliphatic carbocycles. The first-order valence-electron chi connectivity index (χ1n) is 10.3. The highest BCUT2D eigenvalue weighted by molar-refractivity contribution is 5.77. The molecule has 1 N–H and O–H groups in total. The van der Waals surface area contributed by atoms with Crippen molar-refractivity contribution in [3.05, 3.63) is 52.9 Å². The second-order valence-corrected chi connectivity index (χ2v) is 8.24. The van der Waals surface area contributed by atoms with Gasteiger partial charge in [0.1, 0.15) is 6.26 Å². The Morgan fingerprint density at radius 3 is 2.86 bits per heavy atom. The van der Waals surface area contributed by atoms with Gasteiger partial charge >= 0.3 is 0 Å². The highest BCUT2D eigenvalue weighted by atomic mass is 16.5. The Bertz CT molecular complexity index is 865. The van der Waals surface area contributed by atoms with E-state index in [-0.39, 0.29) is 11.8 Å². The minimum Gasteiger partial charge on any atom is -0.365 e. The van der Waals surface area contributed by atoms with Gasteiger partial charge < -0.3 is 19.6 Å². The maximum atomic E-state index is 12.7. The summed E-state index contributed by atoms with van der Waals surface area (Å²) in [6.07, 6.45) is 4.23. The molecule has 3 heterocycles. The second-order valence-electron chi connectivity index (χ2n) is 8.24.